The average molecular weight is 219 g/mol. The van der Waals surface area contributed by atoms with E-state index in [9.17, 15) is 0 Å². The number of rotatable bonds is 3. The van der Waals surface area contributed by atoms with Gasteiger partial charge in [-0.1, -0.05) is 32.9 Å². The van der Waals surface area contributed by atoms with Gasteiger partial charge in [-0.2, -0.15) is 0 Å². The van der Waals surface area contributed by atoms with Gasteiger partial charge in [-0.05, 0) is 29.9 Å². The van der Waals surface area contributed by atoms with Crippen LogP contribution in [-0.2, 0) is 12.0 Å². The third kappa shape index (κ3) is 2.38. The SMILES string of the molecule is CC(C)(C)c1c(CN)cccc1OC1CC1. The van der Waals surface area contributed by atoms with Crippen molar-refractivity contribution in [1.29, 1.82) is 0 Å². The predicted octanol–water partition coefficient (Wildman–Crippen LogP) is 2.98. The molecule has 88 valence electrons. The largest absolute Gasteiger partial charge is 0.490 e. The molecule has 0 aliphatic heterocycles. The third-order valence-electron chi connectivity index (χ3n) is 2.90. The Morgan fingerprint density at radius 1 is 1.31 bits per heavy atom. The molecule has 0 heterocycles. The van der Waals surface area contributed by atoms with Gasteiger partial charge in [-0.3, -0.25) is 0 Å². The highest BCUT2D eigenvalue weighted by Crippen LogP contribution is 2.37. The summed E-state index contributed by atoms with van der Waals surface area (Å²) in [5.74, 6) is 1.03. The molecule has 0 saturated heterocycles. The molecule has 0 unspecified atom stereocenters. The van der Waals surface area contributed by atoms with Gasteiger partial charge in [0.25, 0.3) is 0 Å². The molecular weight excluding hydrogens is 198 g/mol. The zero-order chi connectivity index (χ0) is 11.8. The van der Waals surface area contributed by atoms with Gasteiger partial charge in [0, 0.05) is 12.1 Å². The van der Waals surface area contributed by atoms with Crippen LogP contribution in [0, 0.1) is 0 Å². The lowest BCUT2D eigenvalue weighted by Gasteiger charge is -2.25. The van der Waals surface area contributed by atoms with Crippen LogP contribution in [0.2, 0.25) is 0 Å². The highest BCUT2D eigenvalue weighted by molar-refractivity contribution is 5.45. The Morgan fingerprint density at radius 3 is 2.50 bits per heavy atom. The van der Waals surface area contributed by atoms with Crippen molar-refractivity contribution >= 4 is 0 Å². The highest BCUT2D eigenvalue weighted by atomic mass is 16.5. The maximum atomic E-state index is 5.97. The number of benzene rings is 1. The first-order valence-corrected chi connectivity index (χ1v) is 6.01. The molecule has 1 aliphatic rings. The second-order valence-electron chi connectivity index (χ2n) is 5.56. The van der Waals surface area contributed by atoms with Crippen LogP contribution in [0.3, 0.4) is 0 Å². The number of hydrogen-bond donors (Lipinski definition) is 1. The summed E-state index contributed by atoms with van der Waals surface area (Å²) in [6.07, 6.45) is 2.82. The summed E-state index contributed by atoms with van der Waals surface area (Å²) in [7, 11) is 0. The van der Waals surface area contributed by atoms with Gasteiger partial charge in [-0.25, -0.2) is 0 Å². The van der Waals surface area contributed by atoms with Crippen molar-refractivity contribution in [2.24, 2.45) is 5.73 Å². The van der Waals surface area contributed by atoms with Crippen molar-refractivity contribution in [1.82, 2.24) is 0 Å². The lowest BCUT2D eigenvalue weighted by molar-refractivity contribution is 0.294. The number of hydrogen-bond acceptors (Lipinski definition) is 2. The molecule has 2 N–H and O–H groups in total. The zero-order valence-electron chi connectivity index (χ0n) is 10.4. The van der Waals surface area contributed by atoms with E-state index in [1.54, 1.807) is 0 Å². The molecule has 0 amide bonds. The van der Waals surface area contributed by atoms with Crippen LogP contribution in [0.1, 0.15) is 44.7 Å². The molecule has 2 heteroatoms. The van der Waals surface area contributed by atoms with E-state index in [-0.39, 0.29) is 5.41 Å². The van der Waals surface area contributed by atoms with Crippen molar-refractivity contribution in [3.63, 3.8) is 0 Å². The molecule has 0 spiro atoms. The van der Waals surface area contributed by atoms with Crippen molar-refractivity contribution in [3.05, 3.63) is 29.3 Å². The Kier molecular flexibility index (Phi) is 2.94. The van der Waals surface area contributed by atoms with E-state index in [2.05, 4.69) is 32.9 Å². The molecule has 0 aromatic heterocycles. The highest BCUT2D eigenvalue weighted by Gasteiger charge is 2.28. The summed E-state index contributed by atoms with van der Waals surface area (Å²) >= 11 is 0. The summed E-state index contributed by atoms with van der Waals surface area (Å²) in [6, 6.07) is 6.20. The third-order valence-corrected chi connectivity index (χ3v) is 2.90. The molecule has 1 fully saturated rings. The topological polar surface area (TPSA) is 35.2 Å². The van der Waals surface area contributed by atoms with Crippen molar-refractivity contribution in [2.75, 3.05) is 0 Å². The van der Waals surface area contributed by atoms with Crippen LogP contribution < -0.4 is 10.5 Å². The summed E-state index contributed by atoms with van der Waals surface area (Å²) in [5.41, 5.74) is 8.36. The zero-order valence-corrected chi connectivity index (χ0v) is 10.4. The Morgan fingerprint density at radius 2 is 2.00 bits per heavy atom. The second kappa shape index (κ2) is 4.10. The first-order valence-electron chi connectivity index (χ1n) is 6.01. The Labute approximate surface area is 97.8 Å². The minimum Gasteiger partial charge on any atom is -0.490 e. The monoisotopic (exact) mass is 219 g/mol. The molecule has 0 radical (unpaired) electrons. The van der Waals surface area contributed by atoms with E-state index in [0.717, 1.165) is 5.75 Å². The average Bonchev–Trinajstić information content (AvgIpc) is 2.99. The molecule has 0 atom stereocenters. The van der Waals surface area contributed by atoms with E-state index >= 15 is 0 Å². The Bertz CT molecular complexity index is 375. The van der Waals surface area contributed by atoms with Crippen molar-refractivity contribution in [3.8, 4) is 5.75 Å². The van der Waals surface area contributed by atoms with Gasteiger partial charge < -0.3 is 10.5 Å². The number of nitrogens with two attached hydrogens (primary N) is 1. The molecule has 1 aromatic carbocycles. The van der Waals surface area contributed by atoms with E-state index in [4.69, 9.17) is 10.5 Å². The lowest BCUT2D eigenvalue weighted by Crippen LogP contribution is -2.18. The molecule has 1 aliphatic carbocycles. The van der Waals surface area contributed by atoms with Crippen LogP contribution in [0.4, 0.5) is 0 Å². The standard InChI is InChI=1S/C14H21NO/c1-14(2,3)13-10(9-15)5-4-6-12(13)16-11-7-8-11/h4-6,11H,7-9,15H2,1-3H3. The van der Waals surface area contributed by atoms with E-state index in [1.165, 1.54) is 24.0 Å². The minimum absolute atomic E-state index is 0.0835. The molecule has 1 aromatic rings. The summed E-state index contributed by atoms with van der Waals surface area (Å²) in [5, 5.41) is 0. The second-order valence-corrected chi connectivity index (χ2v) is 5.56. The summed E-state index contributed by atoms with van der Waals surface area (Å²) in [6.45, 7) is 7.21. The first-order chi connectivity index (χ1) is 7.52. The van der Waals surface area contributed by atoms with Crippen molar-refractivity contribution < 1.29 is 4.74 Å². The van der Waals surface area contributed by atoms with Gasteiger partial charge in [0.05, 0.1) is 6.10 Å². The van der Waals surface area contributed by atoms with E-state index < -0.39 is 0 Å². The van der Waals surface area contributed by atoms with Gasteiger partial charge in [0.2, 0.25) is 0 Å². The predicted molar refractivity (Wildman–Crippen MR) is 66.7 cm³/mol. The lowest BCUT2D eigenvalue weighted by atomic mass is 9.83. The maximum Gasteiger partial charge on any atom is 0.123 e. The van der Waals surface area contributed by atoms with Crippen LogP contribution >= 0.6 is 0 Å². The first kappa shape index (κ1) is 11.5. The maximum absolute atomic E-state index is 5.97. The number of ether oxygens (including phenoxy) is 1. The fourth-order valence-corrected chi connectivity index (χ4v) is 2.06. The van der Waals surface area contributed by atoms with Crippen LogP contribution in [0.15, 0.2) is 18.2 Å². The summed E-state index contributed by atoms with van der Waals surface area (Å²) in [4.78, 5) is 0. The normalized spacial score (nSPS) is 16.2. The molecule has 2 rings (SSSR count). The van der Waals surface area contributed by atoms with Crippen LogP contribution in [-0.4, -0.2) is 6.10 Å². The molecule has 2 nitrogen and oxygen atoms in total. The van der Waals surface area contributed by atoms with Crippen molar-refractivity contribution in [2.45, 2.75) is 51.7 Å². The van der Waals surface area contributed by atoms with E-state index in [0.29, 0.717) is 12.6 Å². The smallest absolute Gasteiger partial charge is 0.123 e. The quantitative estimate of drug-likeness (QED) is 0.848. The Hall–Kier alpha value is -1.02. The molecule has 1 saturated carbocycles. The fourth-order valence-electron chi connectivity index (χ4n) is 2.06. The van der Waals surface area contributed by atoms with Gasteiger partial charge in [0.15, 0.2) is 0 Å². The fraction of sp³-hybridized carbons (Fsp3) is 0.571. The van der Waals surface area contributed by atoms with Gasteiger partial charge in [-0.15, -0.1) is 0 Å². The van der Waals surface area contributed by atoms with Gasteiger partial charge >= 0.3 is 0 Å². The molecule has 16 heavy (non-hydrogen) atoms. The summed E-state index contributed by atoms with van der Waals surface area (Å²) < 4.78 is 5.97. The molecule has 0 bridgehead atoms. The Balaban J connectivity index is 2.41. The van der Waals surface area contributed by atoms with E-state index in [1.807, 2.05) is 6.07 Å². The van der Waals surface area contributed by atoms with Crippen LogP contribution in [0.25, 0.3) is 0 Å². The minimum atomic E-state index is 0.0835. The van der Waals surface area contributed by atoms with Crippen LogP contribution in [0.5, 0.6) is 5.75 Å². The molecular formula is C14H21NO. The van der Waals surface area contributed by atoms with Gasteiger partial charge in [0.1, 0.15) is 5.75 Å².